The molecule has 0 bridgehead atoms. The molecule has 2 N–H and O–H groups in total. The fourth-order valence-electron chi connectivity index (χ4n) is 3.49. The van der Waals surface area contributed by atoms with Gasteiger partial charge in [0, 0.05) is 56.5 Å². The highest BCUT2D eigenvalue weighted by atomic mass is 16.2. The Morgan fingerprint density at radius 3 is 2.88 bits per heavy atom. The smallest absolute Gasteiger partial charge is 0.323 e. The lowest BCUT2D eigenvalue weighted by Crippen LogP contribution is -2.40. The lowest BCUT2D eigenvalue weighted by Gasteiger charge is -2.32. The average molecular weight is 352 g/mol. The highest BCUT2D eigenvalue weighted by Crippen LogP contribution is 2.27. The maximum absolute atomic E-state index is 12.6. The first-order valence-electron chi connectivity index (χ1n) is 8.67. The average Bonchev–Trinajstić information content (AvgIpc) is 3.31. The number of pyridine rings is 1. The zero-order valence-corrected chi connectivity index (χ0v) is 14.3. The molecule has 1 amide bonds. The van der Waals surface area contributed by atoms with Gasteiger partial charge in [-0.05, 0) is 30.5 Å². The Balaban J connectivity index is 1.51. The number of nitrogens with one attached hydrogen (secondary N) is 2. The van der Waals surface area contributed by atoms with Crippen LogP contribution in [0.15, 0.2) is 47.9 Å². The standard InChI is InChI=1S/C18H20N6O2/c25-17(15-10-21-18(26)22-15)24-8-1-2-14(12-24)16-20-7-9-23(16)11-13-3-5-19-6-4-13/h3-7,9-10,14H,1-2,8,11-12H2,(H2,21,22,26). The Morgan fingerprint density at radius 1 is 1.27 bits per heavy atom. The minimum absolute atomic E-state index is 0.153. The summed E-state index contributed by atoms with van der Waals surface area (Å²) in [5.74, 6) is 1.01. The summed E-state index contributed by atoms with van der Waals surface area (Å²) in [7, 11) is 0. The number of imidazole rings is 2. The predicted octanol–water partition coefficient (Wildman–Crippen LogP) is 1.36. The van der Waals surface area contributed by atoms with Gasteiger partial charge in [0.05, 0.1) is 0 Å². The van der Waals surface area contributed by atoms with E-state index in [9.17, 15) is 9.59 Å². The van der Waals surface area contributed by atoms with Crippen LogP contribution in [0.1, 0.15) is 40.6 Å². The summed E-state index contributed by atoms with van der Waals surface area (Å²) in [4.78, 5) is 39.3. The number of H-pyrrole nitrogens is 2. The number of nitrogens with zero attached hydrogens (tertiary/aromatic N) is 4. The molecule has 0 aliphatic carbocycles. The largest absolute Gasteiger partial charge is 0.337 e. The van der Waals surface area contributed by atoms with Crippen LogP contribution in [0.2, 0.25) is 0 Å². The number of rotatable bonds is 4. The molecule has 1 aliphatic heterocycles. The van der Waals surface area contributed by atoms with Gasteiger partial charge in [-0.15, -0.1) is 0 Å². The van der Waals surface area contributed by atoms with Crippen LogP contribution >= 0.6 is 0 Å². The van der Waals surface area contributed by atoms with Gasteiger partial charge in [0.1, 0.15) is 11.5 Å². The molecule has 3 aromatic rings. The molecular formula is C18H20N6O2. The van der Waals surface area contributed by atoms with Gasteiger partial charge in [-0.3, -0.25) is 9.78 Å². The summed E-state index contributed by atoms with van der Waals surface area (Å²) in [5.41, 5.74) is 1.10. The molecule has 3 aromatic heterocycles. The van der Waals surface area contributed by atoms with Crippen molar-refractivity contribution in [2.75, 3.05) is 13.1 Å². The number of hydrogen-bond donors (Lipinski definition) is 2. The first kappa shape index (κ1) is 16.3. The fraction of sp³-hybridized carbons (Fsp3) is 0.333. The number of hydrogen-bond acceptors (Lipinski definition) is 4. The van der Waals surface area contributed by atoms with E-state index in [-0.39, 0.29) is 17.5 Å². The summed E-state index contributed by atoms with van der Waals surface area (Å²) in [6, 6.07) is 3.98. The summed E-state index contributed by atoms with van der Waals surface area (Å²) in [6.45, 7) is 2.01. The first-order valence-corrected chi connectivity index (χ1v) is 8.67. The number of aromatic amines is 2. The molecule has 0 saturated carbocycles. The monoisotopic (exact) mass is 352 g/mol. The van der Waals surface area contributed by atoms with Crippen molar-refractivity contribution in [2.24, 2.45) is 0 Å². The van der Waals surface area contributed by atoms with Gasteiger partial charge >= 0.3 is 5.69 Å². The highest BCUT2D eigenvalue weighted by molar-refractivity contribution is 5.92. The second kappa shape index (κ2) is 6.99. The maximum Gasteiger partial charge on any atom is 0.323 e. The molecule has 1 saturated heterocycles. The van der Waals surface area contributed by atoms with Crippen LogP contribution in [0.3, 0.4) is 0 Å². The van der Waals surface area contributed by atoms with Crippen molar-refractivity contribution in [3.8, 4) is 0 Å². The molecule has 1 unspecified atom stereocenters. The number of piperidine rings is 1. The van der Waals surface area contributed by atoms with Crippen LogP contribution in [0.25, 0.3) is 0 Å². The molecule has 0 spiro atoms. The van der Waals surface area contributed by atoms with Gasteiger partial charge < -0.3 is 19.4 Å². The second-order valence-corrected chi connectivity index (χ2v) is 6.52. The van der Waals surface area contributed by atoms with Gasteiger partial charge in [0.25, 0.3) is 5.91 Å². The SMILES string of the molecule is O=C(c1c[nH]c(=O)[nH]1)N1CCCC(c2nccn2Cc2ccncc2)C1. The third kappa shape index (κ3) is 3.30. The van der Waals surface area contributed by atoms with Crippen molar-refractivity contribution in [2.45, 2.75) is 25.3 Å². The van der Waals surface area contributed by atoms with Crippen molar-refractivity contribution < 1.29 is 4.79 Å². The normalized spacial score (nSPS) is 17.4. The van der Waals surface area contributed by atoms with Crippen molar-refractivity contribution in [1.29, 1.82) is 0 Å². The molecule has 0 aromatic carbocycles. The number of carbonyl (C=O) groups excluding carboxylic acids is 1. The number of carbonyl (C=O) groups is 1. The van der Waals surface area contributed by atoms with Crippen molar-refractivity contribution in [1.82, 2.24) is 29.4 Å². The van der Waals surface area contributed by atoms with E-state index in [2.05, 4.69) is 24.5 Å². The quantitative estimate of drug-likeness (QED) is 0.740. The van der Waals surface area contributed by atoms with Crippen molar-refractivity contribution >= 4 is 5.91 Å². The van der Waals surface area contributed by atoms with Crippen LogP contribution in [-0.2, 0) is 6.54 Å². The van der Waals surface area contributed by atoms with Crippen LogP contribution in [0, 0.1) is 0 Å². The zero-order chi connectivity index (χ0) is 17.9. The summed E-state index contributed by atoms with van der Waals surface area (Å²) in [5, 5.41) is 0. The van der Waals surface area contributed by atoms with Crippen molar-refractivity contribution in [3.05, 3.63) is 70.7 Å². The summed E-state index contributed by atoms with van der Waals surface area (Å²) >= 11 is 0. The molecule has 1 fully saturated rings. The van der Waals surface area contributed by atoms with Gasteiger partial charge in [-0.1, -0.05) is 0 Å². The molecule has 8 nitrogen and oxygen atoms in total. The second-order valence-electron chi connectivity index (χ2n) is 6.52. The lowest BCUT2D eigenvalue weighted by atomic mass is 9.96. The number of aromatic nitrogens is 5. The van der Waals surface area contributed by atoms with Crippen molar-refractivity contribution in [3.63, 3.8) is 0 Å². The van der Waals surface area contributed by atoms with E-state index >= 15 is 0 Å². The minimum Gasteiger partial charge on any atom is -0.337 e. The molecule has 1 atom stereocenters. The van der Waals surface area contributed by atoms with E-state index < -0.39 is 0 Å². The zero-order valence-electron chi connectivity index (χ0n) is 14.3. The van der Waals surface area contributed by atoms with E-state index in [1.54, 1.807) is 23.5 Å². The van der Waals surface area contributed by atoms with E-state index in [4.69, 9.17) is 0 Å². The van der Waals surface area contributed by atoms with Gasteiger partial charge in [0.15, 0.2) is 0 Å². The Bertz CT molecular complexity index is 942. The predicted molar refractivity (Wildman–Crippen MR) is 94.9 cm³/mol. The van der Waals surface area contributed by atoms with Crippen LogP contribution in [-0.4, -0.2) is 48.4 Å². The fourth-order valence-corrected chi connectivity index (χ4v) is 3.49. The molecule has 8 heteroatoms. The molecule has 0 radical (unpaired) electrons. The molecular weight excluding hydrogens is 332 g/mol. The third-order valence-corrected chi connectivity index (χ3v) is 4.75. The molecule has 26 heavy (non-hydrogen) atoms. The first-order chi connectivity index (χ1) is 12.7. The Labute approximate surface area is 149 Å². The van der Waals surface area contributed by atoms with E-state index in [1.165, 1.54) is 6.20 Å². The van der Waals surface area contributed by atoms with Gasteiger partial charge in [-0.25, -0.2) is 9.78 Å². The summed E-state index contributed by atoms with van der Waals surface area (Å²) < 4.78 is 2.13. The third-order valence-electron chi connectivity index (χ3n) is 4.75. The number of likely N-dealkylation sites (tertiary alicyclic amines) is 1. The molecule has 4 rings (SSSR count). The maximum atomic E-state index is 12.6. The van der Waals surface area contributed by atoms with E-state index in [1.807, 2.05) is 18.3 Å². The van der Waals surface area contributed by atoms with Crippen LogP contribution in [0.5, 0.6) is 0 Å². The minimum atomic E-state index is -0.366. The van der Waals surface area contributed by atoms with Gasteiger partial charge in [-0.2, -0.15) is 0 Å². The van der Waals surface area contributed by atoms with E-state index in [0.29, 0.717) is 18.8 Å². The lowest BCUT2D eigenvalue weighted by molar-refractivity contribution is 0.0698. The molecule has 1 aliphatic rings. The Kier molecular flexibility index (Phi) is 4.39. The summed E-state index contributed by atoms with van der Waals surface area (Å²) in [6.07, 6.45) is 10.7. The molecule has 134 valence electrons. The van der Waals surface area contributed by atoms with Crippen LogP contribution < -0.4 is 5.69 Å². The highest BCUT2D eigenvalue weighted by Gasteiger charge is 2.28. The number of amides is 1. The van der Waals surface area contributed by atoms with E-state index in [0.717, 1.165) is 30.8 Å². The Hall–Kier alpha value is -3.16. The van der Waals surface area contributed by atoms with Crippen LogP contribution in [0.4, 0.5) is 0 Å². The topological polar surface area (TPSA) is 99.7 Å². The van der Waals surface area contributed by atoms with Gasteiger partial charge in [0.2, 0.25) is 0 Å². The Morgan fingerprint density at radius 2 is 2.12 bits per heavy atom. The molecule has 4 heterocycles.